The van der Waals surface area contributed by atoms with Crippen molar-refractivity contribution in [2.75, 3.05) is 0 Å². The van der Waals surface area contributed by atoms with E-state index in [0.29, 0.717) is 0 Å². The molecule has 8 rings (SSSR count). The van der Waals surface area contributed by atoms with Gasteiger partial charge in [0, 0.05) is 11.1 Å². The Morgan fingerprint density at radius 2 is 0.977 bits per heavy atom. The summed E-state index contributed by atoms with van der Waals surface area (Å²) in [5.74, 6) is 0.874. The van der Waals surface area contributed by atoms with Gasteiger partial charge in [0.1, 0.15) is 11.9 Å². The predicted molar refractivity (Wildman–Crippen MR) is 185 cm³/mol. The summed E-state index contributed by atoms with van der Waals surface area (Å²) >= 11 is 0. The second-order valence-electron chi connectivity index (χ2n) is 11.2. The van der Waals surface area contributed by atoms with E-state index in [1.54, 1.807) is 0 Å². The fraction of sp³-hybridized carbons (Fsp3) is 0.0238. The first-order valence-electron chi connectivity index (χ1n) is 15.1. The van der Waals surface area contributed by atoms with Crippen LogP contribution in [-0.2, 0) is 0 Å². The average Bonchev–Trinajstić information content (AvgIpc) is 3.12. The predicted octanol–water partition coefficient (Wildman–Crippen LogP) is 10.3. The zero-order valence-electron chi connectivity index (χ0n) is 24.2. The van der Waals surface area contributed by atoms with Gasteiger partial charge in [0.25, 0.3) is 0 Å². The fourth-order valence-electron chi connectivity index (χ4n) is 6.42. The van der Waals surface area contributed by atoms with Crippen molar-refractivity contribution >= 4 is 38.7 Å². The number of nitrogens with zero attached hydrogens (tertiary/aromatic N) is 1. The molecule has 1 heterocycles. The zero-order valence-corrected chi connectivity index (χ0v) is 24.2. The molecule has 7 aromatic rings. The van der Waals surface area contributed by atoms with Crippen LogP contribution in [0.2, 0.25) is 0 Å². The highest BCUT2D eigenvalue weighted by atomic mass is 15.1. The van der Waals surface area contributed by atoms with Gasteiger partial charge in [-0.25, -0.2) is 0 Å². The van der Waals surface area contributed by atoms with Gasteiger partial charge in [-0.1, -0.05) is 164 Å². The maximum Gasteiger partial charge on any atom is 0.133 e. The van der Waals surface area contributed by atoms with Crippen molar-refractivity contribution in [1.29, 1.82) is 0 Å². The van der Waals surface area contributed by atoms with Crippen LogP contribution in [0, 0.1) is 0 Å². The molecule has 1 aliphatic rings. The molecule has 0 spiro atoms. The molecule has 0 saturated heterocycles. The van der Waals surface area contributed by atoms with Crippen LogP contribution in [0.5, 0.6) is 0 Å². The summed E-state index contributed by atoms with van der Waals surface area (Å²) in [4.78, 5) is 5.40. The minimum Gasteiger partial charge on any atom is -0.339 e. The first-order valence-corrected chi connectivity index (χ1v) is 15.1. The van der Waals surface area contributed by atoms with Gasteiger partial charge in [0.2, 0.25) is 0 Å². The Balaban J connectivity index is 1.30. The summed E-state index contributed by atoms with van der Waals surface area (Å²) < 4.78 is 0. The van der Waals surface area contributed by atoms with Crippen molar-refractivity contribution in [3.63, 3.8) is 0 Å². The summed E-state index contributed by atoms with van der Waals surface area (Å²) in [5.41, 5.74) is 9.21. The molecule has 2 heteroatoms. The number of nitrogens with one attached hydrogen (secondary N) is 1. The number of aliphatic imine (C=N–C) groups is 1. The molecule has 7 aromatic carbocycles. The lowest BCUT2D eigenvalue weighted by atomic mass is 9.87. The molecule has 1 N–H and O–H groups in total. The number of benzene rings is 7. The Morgan fingerprint density at radius 3 is 1.66 bits per heavy atom. The van der Waals surface area contributed by atoms with Crippen molar-refractivity contribution in [2.24, 2.45) is 4.99 Å². The second kappa shape index (κ2) is 11.2. The number of fused-ring (bicyclic) bond motifs is 3. The number of rotatable bonds is 5. The second-order valence-corrected chi connectivity index (χ2v) is 11.2. The number of hydrogen-bond donors (Lipinski definition) is 1. The van der Waals surface area contributed by atoms with E-state index in [9.17, 15) is 0 Å². The third-order valence-corrected chi connectivity index (χ3v) is 8.54. The van der Waals surface area contributed by atoms with Crippen molar-refractivity contribution in [3.8, 4) is 11.1 Å². The van der Waals surface area contributed by atoms with Crippen LogP contribution in [0.4, 0.5) is 0 Å². The molecule has 0 radical (unpaired) electrons. The highest BCUT2D eigenvalue weighted by molar-refractivity contribution is 6.14. The van der Waals surface area contributed by atoms with Crippen molar-refractivity contribution < 1.29 is 0 Å². The zero-order chi connectivity index (χ0) is 29.3. The van der Waals surface area contributed by atoms with Crippen LogP contribution in [0.15, 0.2) is 175 Å². The summed E-state index contributed by atoms with van der Waals surface area (Å²) in [6.07, 6.45) is 0. The van der Waals surface area contributed by atoms with E-state index in [2.05, 4.69) is 169 Å². The van der Waals surface area contributed by atoms with E-state index in [-0.39, 0.29) is 6.04 Å². The van der Waals surface area contributed by atoms with Crippen LogP contribution in [0.1, 0.15) is 28.3 Å². The Kier molecular flexibility index (Phi) is 6.58. The largest absolute Gasteiger partial charge is 0.339 e. The molecule has 1 aliphatic heterocycles. The molecular weight excluding hydrogens is 532 g/mol. The molecule has 0 bridgehead atoms. The third kappa shape index (κ3) is 4.67. The van der Waals surface area contributed by atoms with Gasteiger partial charge in [0.15, 0.2) is 0 Å². The molecule has 1 atom stereocenters. The molecule has 2 nitrogen and oxygen atoms in total. The first kappa shape index (κ1) is 25.9. The minimum absolute atomic E-state index is 0.188. The summed E-state index contributed by atoms with van der Waals surface area (Å²) in [6.45, 7) is 0. The SMILES string of the molecule is c1ccc(C2=NC(c3ccc(-c4cc5ccccc5c5ccccc45)cc3)C(c3ccccc3)=C(c3ccccc3)N2)cc1. The molecule has 208 valence electrons. The van der Waals surface area contributed by atoms with Gasteiger partial charge in [-0.05, 0) is 55.4 Å². The molecule has 0 saturated carbocycles. The molecule has 0 aromatic heterocycles. The fourth-order valence-corrected chi connectivity index (χ4v) is 6.42. The summed E-state index contributed by atoms with van der Waals surface area (Å²) in [5, 5.41) is 8.82. The van der Waals surface area contributed by atoms with Crippen LogP contribution in [0.3, 0.4) is 0 Å². The quantitative estimate of drug-likeness (QED) is 0.207. The van der Waals surface area contributed by atoms with Crippen LogP contribution < -0.4 is 5.32 Å². The Hall–Kier alpha value is -5.73. The lowest BCUT2D eigenvalue weighted by Gasteiger charge is -2.30. The van der Waals surface area contributed by atoms with Gasteiger partial charge in [-0.15, -0.1) is 0 Å². The smallest absolute Gasteiger partial charge is 0.133 e. The maximum atomic E-state index is 5.40. The first-order chi connectivity index (χ1) is 21.8. The van der Waals surface area contributed by atoms with E-state index >= 15 is 0 Å². The maximum absolute atomic E-state index is 5.40. The minimum atomic E-state index is -0.188. The van der Waals surface area contributed by atoms with Crippen LogP contribution >= 0.6 is 0 Å². The molecule has 0 aliphatic carbocycles. The Labute approximate surface area is 257 Å². The van der Waals surface area contributed by atoms with E-state index < -0.39 is 0 Å². The van der Waals surface area contributed by atoms with Gasteiger partial charge < -0.3 is 5.32 Å². The van der Waals surface area contributed by atoms with Crippen LogP contribution in [0.25, 0.3) is 43.9 Å². The molecular formula is C42H30N2. The molecule has 1 unspecified atom stereocenters. The van der Waals surface area contributed by atoms with Crippen molar-refractivity contribution in [3.05, 3.63) is 192 Å². The van der Waals surface area contributed by atoms with Gasteiger partial charge in [-0.2, -0.15) is 0 Å². The standard InChI is InChI=1S/C42H30N2/c1-4-14-30(15-5-1)39-40(31-16-6-2-7-17-31)43-42(33-18-8-3-9-19-33)44-41(39)32-26-24-29(25-27-32)38-28-34-20-10-11-21-35(34)36-22-12-13-23-37(36)38/h1-28,41H,(H,43,44). The monoisotopic (exact) mass is 562 g/mol. The summed E-state index contributed by atoms with van der Waals surface area (Å²) in [6, 6.07) is 60.2. The van der Waals surface area contributed by atoms with Crippen molar-refractivity contribution in [1.82, 2.24) is 5.32 Å². The topological polar surface area (TPSA) is 24.4 Å². The molecule has 44 heavy (non-hydrogen) atoms. The normalized spacial score (nSPS) is 14.8. The Morgan fingerprint density at radius 1 is 0.432 bits per heavy atom. The molecule has 0 amide bonds. The van der Waals surface area contributed by atoms with Crippen molar-refractivity contribution in [2.45, 2.75) is 6.04 Å². The van der Waals surface area contributed by atoms with Crippen LogP contribution in [-0.4, -0.2) is 5.84 Å². The lowest BCUT2D eigenvalue weighted by Crippen LogP contribution is -2.29. The highest BCUT2D eigenvalue weighted by Crippen LogP contribution is 2.42. The van der Waals surface area contributed by atoms with E-state index in [4.69, 9.17) is 4.99 Å². The lowest BCUT2D eigenvalue weighted by molar-refractivity contribution is 0.901. The highest BCUT2D eigenvalue weighted by Gasteiger charge is 2.28. The third-order valence-electron chi connectivity index (χ3n) is 8.54. The van der Waals surface area contributed by atoms with Gasteiger partial charge in [-0.3, -0.25) is 4.99 Å². The van der Waals surface area contributed by atoms with E-state index in [1.165, 1.54) is 38.2 Å². The van der Waals surface area contributed by atoms with E-state index in [1.807, 2.05) is 6.07 Å². The van der Waals surface area contributed by atoms with Gasteiger partial charge in [0.05, 0.1) is 5.70 Å². The Bertz CT molecular complexity index is 2160. The summed E-state index contributed by atoms with van der Waals surface area (Å²) in [7, 11) is 0. The number of hydrogen-bond acceptors (Lipinski definition) is 2. The van der Waals surface area contributed by atoms with E-state index in [0.717, 1.165) is 33.8 Å². The molecule has 0 fully saturated rings. The van der Waals surface area contributed by atoms with Gasteiger partial charge >= 0.3 is 0 Å². The number of amidine groups is 1. The average molecular weight is 563 g/mol.